The Morgan fingerprint density at radius 3 is 2.11 bits per heavy atom. The van der Waals surface area contributed by atoms with Crippen LogP contribution in [-0.2, 0) is 5.41 Å². The molecule has 0 aliphatic heterocycles. The number of hydrogen-bond acceptors (Lipinski definition) is 3. The van der Waals surface area contributed by atoms with Gasteiger partial charge in [0.25, 0.3) is 0 Å². The summed E-state index contributed by atoms with van der Waals surface area (Å²) in [6.07, 6.45) is 1.88. The molecule has 44 heavy (non-hydrogen) atoms. The van der Waals surface area contributed by atoms with Gasteiger partial charge in [0.1, 0.15) is 5.82 Å². The molecule has 7 aromatic rings. The van der Waals surface area contributed by atoms with E-state index in [1.54, 1.807) is 0 Å². The predicted octanol–water partition coefficient (Wildman–Crippen LogP) is 10.8. The molecule has 0 N–H and O–H groups in total. The molecule has 0 aliphatic carbocycles. The van der Waals surface area contributed by atoms with Gasteiger partial charge in [-0.3, -0.25) is 9.55 Å². The first-order valence-electron chi connectivity index (χ1n) is 15.1. The van der Waals surface area contributed by atoms with Crippen molar-refractivity contribution in [3.63, 3.8) is 0 Å². The third kappa shape index (κ3) is 4.80. The van der Waals surface area contributed by atoms with E-state index in [1.807, 2.05) is 24.4 Å². The molecule has 0 spiro atoms. The second kappa shape index (κ2) is 10.8. The molecule has 0 saturated heterocycles. The van der Waals surface area contributed by atoms with E-state index in [0.717, 1.165) is 66.2 Å². The maximum atomic E-state index is 5.43. The number of benzene rings is 5. The molecule has 0 unspecified atom stereocenters. The second-order valence-electron chi connectivity index (χ2n) is 12.6. The van der Waals surface area contributed by atoms with Crippen molar-refractivity contribution in [3.05, 3.63) is 132 Å². The van der Waals surface area contributed by atoms with Gasteiger partial charge >= 0.3 is 0 Å². The van der Waals surface area contributed by atoms with Crippen molar-refractivity contribution in [3.8, 4) is 39.3 Å². The maximum Gasteiger partial charge on any atom is 0.145 e. The summed E-state index contributed by atoms with van der Waals surface area (Å²) < 4.78 is 2.34. The van der Waals surface area contributed by atoms with Crippen LogP contribution in [0, 0.1) is 13.8 Å². The fourth-order valence-corrected chi connectivity index (χ4v) is 6.55. The molecule has 0 fully saturated rings. The van der Waals surface area contributed by atoms with Gasteiger partial charge in [-0.15, -0.1) is 12.6 Å². The number of aryl methyl sites for hydroxylation is 2. The quantitative estimate of drug-likeness (QED) is 0.207. The SMILES string of the molecule is Cc1cccc(C)c1-n1c(-c2cccc(-c3cc(C(C)(C)C)cc4cccnc34)c2)nc2c(-c3ccccc3S)cccc21. The van der Waals surface area contributed by atoms with Crippen molar-refractivity contribution in [1.29, 1.82) is 0 Å². The summed E-state index contributed by atoms with van der Waals surface area (Å²) in [5.41, 5.74) is 13.4. The number of nitrogens with zero attached hydrogens (tertiary/aromatic N) is 3. The van der Waals surface area contributed by atoms with Crippen molar-refractivity contribution in [2.75, 3.05) is 0 Å². The average Bonchev–Trinajstić information content (AvgIpc) is 3.40. The van der Waals surface area contributed by atoms with Crippen molar-refractivity contribution in [2.24, 2.45) is 0 Å². The van der Waals surface area contributed by atoms with Gasteiger partial charge in [0, 0.05) is 33.2 Å². The summed E-state index contributed by atoms with van der Waals surface area (Å²) >= 11 is 4.81. The van der Waals surface area contributed by atoms with E-state index in [-0.39, 0.29) is 5.41 Å². The van der Waals surface area contributed by atoms with E-state index >= 15 is 0 Å². The van der Waals surface area contributed by atoms with Crippen molar-refractivity contribution >= 4 is 34.6 Å². The number of imidazole rings is 1. The second-order valence-corrected chi connectivity index (χ2v) is 13.1. The van der Waals surface area contributed by atoms with E-state index in [9.17, 15) is 0 Å². The Morgan fingerprint density at radius 1 is 0.636 bits per heavy atom. The van der Waals surface area contributed by atoms with Crippen molar-refractivity contribution in [1.82, 2.24) is 14.5 Å². The maximum absolute atomic E-state index is 5.43. The zero-order valence-electron chi connectivity index (χ0n) is 25.8. The van der Waals surface area contributed by atoms with Crippen LogP contribution in [0.1, 0.15) is 37.5 Å². The Hall–Kier alpha value is -4.67. The molecule has 0 atom stereocenters. The van der Waals surface area contributed by atoms with Crippen LogP contribution in [0.3, 0.4) is 0 Å². The number of para-hydroxylation sites is 2. The molecule has 5 aromatic carbocycles. The number of hydrogen-bond donors (Lipinski definition) is 1. The summed E-state index contributed by atoms with van der Waals surface area (Å²) in [6.45, 7) is 11.1. The predicted molar refractivity (Wildman–Crippen MR) is 188 cm³/mol. The van der Waals surface area contributed by atoms with Crippen LogP contribution in [0.15, 0.2) is 120 Å². The average molecular weight is 590 g/mol. The number of pyridine rings is 1. The highest BCUT2D eigenvalue weighted by molar-refractivity contribution is 7.80. The molecule has 0 aliphatic rings. The number of thiol groups is 1. The van der Waals surface area contributed by atoms with Gasteiger partial charge in [-0.05, 0) is 83.5 Å². The summed E-state index contributed by atoms with van der Waals surface area (Å²) in [5.74, 6) is 0.910. The smallest absolute Gasteiger partial charge is 0.145 e. The van der Waals surface area contributed by atoms with Crippen LogP contribution in [0.2, 0.25) is 0 Å². The van der Waals surface area contributed by atoms with Gasteiger partial charge < -0.3 is 0 Å². The lowest BCUT2D eigenvalue weighted by atomic mass is 9.84. The topological polar surface area (TPSA) is 30.7 Å². The lowest BCUT2D eigenvalue weighted by Gasteiger charge is -2.21. The van der Waals surface area contributed by atoms with Gasteiger partial charge in [-0.1, -0.05) is 93.6 Å². The van der Waals surface area contributed by atoms with Crippen LogP contribution < -0.4 is 0 Å². The third-order valence-electron chi connectivity index (χ3n) is 8.55. The Kier molecular flexibility index (Phi) is 6.90. The van der Waals surface area contributed by atoms with Crippen molar-refractivity contribution < 1.29 is 0 Å². The van der Waals surface area contributed by atoms with Crippen LogP contribution in [0.5, 0.6) is 0 Å². The van der Waals surface area contributed by atoms with Gasteiger partial charge in [0.15, 0.2) is 0 Å². The molecular formula is C40H35N3S. The molecule has 0 amide bonds. The van der Waals surface area contributed by atoms with Crippen LogP contribution in [0.4, 0.5) is 0 Å². The molecule has 2 heterocycles. The molecule has 3 nitrogen and oxygen atoms in total. The molecule has 4 heteroatoms. The minimum absolute atomic E-state index is 0.00637. The highest BCUT2D eigenvalue weighted by atomic mass is 32.1. The first-order chi connectivity index (χ1) is 21.2. The molecule has 0 saturated carbocycles. The fraction of sp³-hybridized carbons (Fsp3) is 0.150. The summed E-state index contributed by atoms with van der Waals surface area (Å²) in [7, 11) is 0. The summed E-state index contributed by atoms with van der Waals surface area (Å²) in [4.78, 5) is 11.2. The Morgan fingerprint density at radius 2 is 1.34 bits per heavy atom. The minimum atomic E-state index is 0.00637. The summed E-state index contributed by atoms with van der Waals surface area (Å²) in [6, 6.07) is 38.7. The first kappa shape index (κ1) is 28.1. The highest BCUT2D eigenvalue weighted by Gasteiger charge is 2.22. The molecule has 216 valence electrons. The molecule has 2 aromatic heterocycles. The molecule has 0 bridgehead atoms. The Bertz CT molecular complexity index is 2180. The highest BCUT2D eigenvalue weighted by Crippen LogP contribution is 2.40. The number of rotatable bonds is 4. The van der Waals surface area contributed by atoms with Crippen LogP contribution in [-0.4, -0.2) is 14.5 Å². The zero-order chi connectivity index (χ0) is 30.6. The zero-order valence-corrected chi connectivity index (χ0v) is 26.7. The minimum Gasteiger partial charge on any atom is -0.292 e. The Labute approximate surface area is 264 Å². The lowest BCUT2D eigenvalue weighted by Crippen LogP contribution is -2.11. The largest absolute Gasteiger partial charge is 0.292 e. The lowest BCUT2D eigenvalue weighted by molar-refractivity contribution is 0.591. The normalized spacial score (nSPS) is 11.9. The molecular weight excluding hydrogens is 555 g/mol. The van der Waals surface area contributed by atoms with Gasteiger partial charge in [0.05, 0.1) is 22.2 Å². The first-order valence-corrected chi connectivity index (χ1v) is 15.5. The van der Waals surface area contributed by atoms with Gasteiger partial charge in [-0.25, -0.2) is 4.98 Å². The van der Waals surface area contributed by atoms with E-state index in [0.29, 0.717) is 0 Å². The van der Waals surface area contributed by atoms with E-state index in [4.69, 9.17) is 22.6 Å². The summed E-state index contributed by atoms with van der Waals surface area (Å²) in [5, 5.41) is 1.15. The monoisotopic (exact) mass is 589 g/mol. The van der Waals surface area contributed by atoms with E-state index in [1.165, 1.54) is 16.7 Å². The van der Waals surface area contributed by atoms with Crippen LogP contribution in [0.25, 0.3) is 61.3 Å². The molecule has 0 radical (unpaired) electrons. The number of fused-ring (bicyclic) bond motifs is 2. The Balaban J connectivity index is 1.52. The number of aromatic nitrogens is 3. The standard InChI is InChI=1S/C40H35N3S/c1-25-12-8-13-26(2)38(25)43-34-19-10-18-32(31-17-6-7-20-35(31)44)37(34)42-39(43)29-15-9-14-27(22-29)33-24-30(40(3,4)5)23-28-16-11-21-41-36(28)33/h6-24,44H,1-5H3. The van der Waals surface area contributed by atoms with E-state index < -0.39 is 0 Å². The molecule has 7 rings (SSSR count). The van der Waals surface area contributed by atoms with Crippen molar-refractivity contribution in [2.45, 2.75) is 44.9 Å². The fourth-order valence-electron chi connectivity index (χ4n) is 6.27. The third-order valence-corrected chi connectivity index (χ3v) is 8.94. The van der Waals surface area contributed by atoms with Gasteiger partial charge in [0.2, 0.25) is 0 Å². The van der Waals surface area contributed by atoms with Crippen LogP contribution >= 0.6 is 12.6 Å². The van der Waals surface area contributed by atoms with Gasteiger partial charge in [-0.2, -0.15) is 0 Å². The van der Waals surface area contributed by atoms with E-state index in [2.05, 4.69) is 130 Å².